The number of amides is 1. The molecule has 0 bridgehead atoms. The van der Waals surface area contributed by atoms with Gasteiger partial charge in [-0.1, -0.05) is 30.3 Å². The van der Waals surface area contributed by atoms with E-state index >= 15 is 0 Å². The van der Waals surface area contributed by atoms with E-state index in [1.807, 2.05) is 0 Å². The van der Waals surface area contributed by atoms with Crippen molar-refractivity contribution in [2.24, 2.45) is 0 Å². The van der Waals surface area contributed by atoms with Gasteiger partial charge in [-0.15, -0.1) is 0 Å². The summed E-state index contributed by atoms with van der Waals surface area (Å²) in [6.07, 6.45) is -4.35. The summed E-state index contributed by atoms with van der Waals surface area (Å²) in [6, 6.07) is 12.1. The Labute approximate surface area is 147 Å². The molecule has 0 aliphatic carbocycles. The molecule has 0 unspecified atom stereocenters. The van der Waals surface area contributed by atoms with Crippen molar-refractivity contribution in [1.29, 1.82) is 0 Å². The van der Waals surface area contributed by atoms with Crippen LogP contribution in [0.4, 0.5) is 17.6 Å². The molecule has 8 heteroatoms. The Morgan fingerprint density at radius 2 is 1.73 bits per heavy atom. The van der Waals surface area contributed by atoms with Crippen LogP contribution in [0.2, 0.25) is 0 Å². The van der Waals surface area contributed by atoms with Gasteiger partial charge in [0.05, 0.1) is 6.61 Å². The quantitative estimate of drug-likeness (QED) is 0.722. The predicted octanol–water partition coefficient (Wildman–Crippen LogP) is 3.60. The van der Waals surface area contributed by atoms with Gasteiger partial charge in [0.1, 0.15) is 18.2 Å². The maximum Gasteiger partial charge on any atom is 0.411 e. The lowest BCUT2D eigenvalue weighted by Crippen LogP contribution is -2.28. The van der Waals surface area contributed by atoms with Crippen LogP contribution in [0.3, 0.4) is 0 Å². The highest BCUT2D eigenvalue weighted by Crippen LogP contribution is 2.16. The van der Waals surface area contributed by atoms with Crippen molar-refractivity contribution in [1.82, 2.24) is 5.32 Å². The van der Waals surface area contributed by atoms with E-state index in [9.17, 15) is 22.4 Å². The molecule has 0 spiro atoms. The molecule has 0 radical (unpaired) electrons. The zero-order valence-electron chi connectivity index (χ0n) is 13.7. The number of carbonyl (C=O) groups excluding carboxylic acids is 1. The number of alkyl halides is 3. The van der Waals surface area contributed by atoms with E-state index in [1.54, 1.807) is 24.3 Å². The second kappa shape index (κ2) is 9.19. The molecule has 2 rings (SSSR count). The van der Waals surface area contributed by atoms with Gasteiger partial charge in [0.15, 0.2) is 6.61 Å². The Morgan fingerprint density at radius 3 is 2.38 bits per heavy atom. The van der Waals surface area contributed by atoms with Crippen molar-refractivity contribution >= 4 is 5.91 Å². The van der Waals surface area contributed by atoms with E-state index < -0.39 is 18.6 Å². The van der Waals surface area contributed by atoms with E-state index in [2.05, 4.69) is 10.1 Å². The number of hydrogen-bond acceptors (Lipinski definition) is 3. The summed E-state index contributed by atoms with van der Waals surface area (Å²) in [5, 5.41) is 2.63. The molecule has 1 amide bonds. The first-order chi connectivity index (χ1) is 12.3. The molecular weight excluding hydrogens is 354 g/mol. The van der Waals surface area contributed by atoms with Crippen LogP contribution < -0.4 is 10.1 Å². The van der Waals surface area contributed by atoms with Crippen LogP contribution >= 0.6 is 0 Å². The molecule has 2 aromatic rings. The number of nitrogens with one attached hydrogen (secondary N) is 1. The predicted molar refractivity (Wildman–Crippen MR) is 85.9 cm³/mol. The summed E-state index contributed by atoms with van der Waals surface area (Å²) >= 11 is 0. The van der Waals surface area contributed by atoms with Crippen LogP contribution in [-0.2, 0) is 22.7 Å². The summed E-state index contributed by atoms with van der Waals surface area (Å²) in [4.78, 5) is 11.7. The first-order valence-electron chi connectivity index (χ1n) is 7.69. The molecule has 0 aliphatic rings. The molecule has 0 aliphatic heterocycles. The van der Waals surface area contributed by atoms with Gasteiger partial charge < -0.3 is 14.8 Å². The average Bonchev–Trinajstić information content (AvgIpc) is 2.58. The minimum Gasteiger partial charge on any atom is -0.484 e. The molecule has 0 fully saturated rings. The highest BCUT2D eigenvalue weighted by molar-refractivity contribution is 5.77. The maximum atomic E-state index is 13.0. The number of carbonyl (C=O) groups is 1. The van der Waals surface area contributed by atoms with Crippen LogP contribution in [0.5, 0.6) is 5.75 Å². The summed E-state index contributed by atoms with van der Waals surface area (Å²) < 4.78 is 58.7. The molecule has 0 saturated carbocycles. The van der Waals surface area contributed by atoms with Crippen LogP contribution in [0.15, 0.2) is 48.5 Å². The van der Waals surface area contributed by atoms with Crippen LogP contribution in [-0.4, -0.2) is 25.3 Å². The van der Waals surface area contributed by atoms with Gasteiger partial charge >= 0.3 is 6.18 Å². The van der Waals surface area contributed by atoms with Gasteiger partial charge in [0.25, 0.3) is 5.91 Å². The molecule has 2 aromatic carbocycles. The van der Waals surface area contributed by atoms with E-state index in [0.717, 1.165) is 5.56 Å². The van der Waals surface area contributed by atoms with Gasteiger partial charge in [-0.2, -0.15) is 13.2 Å². The first-order valence-corrected chi connectivity index (χ1v) is 7.69. The number of halogens is 4. The van der Waals surface area contributed by atoms with E-state index in [0.29, 0.717) is 5.56 Å². The third-order valence-electron chi connectivity index (χ3n) is 3.21. The van der Waals surface area contributed by atoms with Crippen molar-refractivity contribution in [3.63, 3.8) is 0 Å². The maximum absolute atomic E-state index is 13.0. The molecule has 26 heavy (non-hydrogen) atoms. The largest absolute Gasteiger partial charge is 0.484 e. The van der Waals surface area contributed by atoms with E-state index in [4.69, 9.17) is 4.74 Å². The number of ether oxygens (including phenoxy) is 2. The molecule has 0 atom stereocenters. The van der Waals surface area contributed by atoms with Gasteiger partial charge in [0.2, 0.25) is 0 Å². The Morgan fingerprint density at radius 1 is 1.04 bits per heavy atom. The Hall–Kier alpha value is -2.61. The van der Waals surface area contributed by atoms with Crippen molar-refractivity contribution in [3.05, 3.63) is 65.5 Å². The van der Waals surface area contributed by atoms with Gasteiger partial charge in [0, 0.05) is 12.6 Å². The fourth-order valence-electron chi connectivity index (χ4n) is 2.00. The van der Waals surface area contributed by atoms with Gasteiger partial charge in [-0.3, -0.25) is 4.79 Å². The smallest absolute Gasteiger partial charge is 0.411 e. The van der Waals surface area contributed by atoms with Crippen LogP contribution in [0.1, 0.15) is 11.1 Å². The third kappa shape index (κ3) is 7.52. The minimum atomic E-state index is -4.35. The van der Waals surface area contributed by atoms with Gasteiger partial charge in [-0.05, 0) is 23.3 Å². The lowest BCUT2D eigenvalue weighted by Gasteiger charge is -2.09. The summed E-state index contributed by atoms with van der Waals surface area (Å²) in [7, 11) is 0. The summed E-state index contributed by atoms with van der Waals surface area (Å²) in [5.74, 6) is -0.586. The Bertz CT molecular complexity index is 717. The number of rotatable bonds is 8. The van der Waals surface area contributed by atoms with Crippen molar-refractivity contribution < 1.29 is 31.8 Å². The zero-order valence-corrected chi connectivity index (χ0v) is 13.7. The van der Waals surface area contributed by atoms with Crippen LogP contribution in [0, 0.1) is 5.82 Å². The normalized spacial score (nSPS) is 11.2. The Kier molecular flexibility index (Phi) is 6.97. The lowest BCUT2D eigenvalue weighted by atomic mass is 10.1. The first kappa shape index (κ1) is 19.7. The van der Waals surface area contributed by atoms with Crippen LogP contribution in [0.25, 0.3) is 0 Å². The second-order valence-corrected chi connectivity index (χ2v) is 5.45. The average molecular weight is 371 g/mol. The second-order valence-electron chi connectivity index (χ2n) is 5.45. The molecule has 0 aromatic heterocycles. The zero-order chi connectivity index (χ0) is 19.0. The molecular formula is C18H17F4NO3. The lowest BCUT2D eigenvalue weighted by molar-refractivity contribution is -0.176. The number of hydrogen-bond donors (Lipinski definition) is 1. The summed E-state index contributed by atoms with van der Waals surface area (Å²) in [6.45, 7) is -1.47. The van der Waals surface area contributed by atoms with E-state index in [1.165, 1.54) is 24.3 Å². The molecule has 0 heterocycles. The number of benzene rings is 2. The molecule has 4 nitrogen and oxygen atoms in total. The highest BCUT2D eigenvalue weighted by atomic mass is 19.4. The van der Waals surface area contributed by atoms with Gasteiger partial charge in [-0.25, -0.2) is 4.39 Å². The third-order valence-corrected chi connectivity index (χ3v) is 3.21. The topological polar surface area (TPSA) is 47.6 Å². The van der Waals surface area contributed by atoms with Crippen molar-refractivity contribution in [2.75, 3.05) is 13.2 Å². The summed E-state index contributed by atoms with van der Waals surface area (Å²) in [5.41, 5.74) is 1.36. The molecule has 1 N–H and O–H groups in total. The SMILES string of the molecule is O=C(COc1cccc(F)c1)NCc1ccc(COCC(F)(F)F)cc1. The minimum absolute atomic E-state index is 0.145. The monoisotopic (exact) mass is 371 g/mol. The highest BCUT2D eigenvalue weighted by Gasteiger charge is 2.27. The van der Waals surface area contributed by atoms with Crippen molar-refractivity contribution in [3.8, 4) is 5.75 Å². The van der Waals surface area contributed by atoms with E-state index in [-0.39, 0.29) is 31.4 Å². The molecule has 0 saturated heterocycles. The molecule has 140 valence electrons. The van der Waals surface area contributed by atoms with Crippen molar-refractivity contribution in [2.45, 2.75) is 19.3 Å². The fourth-order valence-corrected chi connectivity index (χ4v) is 2.00. The standard InChI is InChI=1S/C18H17F4NO3/c19-15-2-1-3-16(8-15)26-11-17(24)23-9-13-4-6-14(7-5-13)10-25-12-18(20,21)22/h1-8H,9-12H2,(H,23,24). The Balaban J connectivity index is 1.70. The fraction of sp³-hybridized carbons (Fsp3) is 0.278.